The number of aromatic nitrogens is 7. The fourth-order valence-corrected chi connectivity index (χ4v) is 13.7. The van der Waals surface area contributed by atoms with Gasteiger partial charge in [0.2, 0.25) is 0 Å². The van der Waals surface area contributed by atoms with E-state index in [0.717, 1.165) is 161 Å². The summed E-state index contributed by atoms with van der Waals surface area (Å²) in [6.07, 6.45) is 0. The van der Waals surface area contributed by atoms with E-state index in [2.05, 4.69) is 305 Å². The van der Waals surface area contributed by atoms with Crippen molar-refractivity contribution in [2.75, 3.05) is 0 Å². The molecule has 0 spiro atoms. The van der Waals surface area contributed by atoms with Gasteiger partial charge in [-0.3, -0.25) is 4.98 Å². The van der Waals surface area contributed by atoms with Gasteiger partial charge in [-0.15, -0.1) is 0 Å². The highest BCUT2D eigenvalue weighted by atomic mass is 15.1. The van der Waals surface area contributed by atoms with E-state index in [1.54, 1.807) is 0 Å². The summed E-state index contributed by atoms with van der Waals surface area (Å²) in [6, 6.07) is 99.1. The molecule has 0 saturated heterocycles. The van der Waals surface area contributed by atoms with Crippen LogP contribution in [0.3, 0.4) is 0 Å². The minimum Gasteiger partial charge on any atom is -0.306 e. The topological polar surface area (TPSA) is 58.4 Å². The van der Waals surface area contributed by atoms with Gasteiger partial charge in [-0.2, -0.15) is 0 Å². The first kappa shape index (κ1) is 47.6. The number of pyridine rings is 1. The zero-order valence-electron chi connectivity index (χ0n) is 46.1. The molecule has 84 heavy (non-hydrogen) atoms. The first-order valence-corrected chi connectivity index (χ1v) is 28.7. The molecule has 0 aliphatic carbocycles. The Kier molecular flexibility index (Phi) is 10.6. The minimum atomic E-state index is 0.619. The fraction of sp³-hybridized carbons (Fsp3) is 0.0260. The maximum absolute atomic E-state index is 5.98. The molecule has 6 aromatic heterocycles. The lowest BCUT2D eigenvalue weighted by atomic mass is 9.89. The molecule has 7 heteroatoms. The Morgan fingerprint density at radius 3 is 0.905 bits per heavy atom. The van der Waals surface area contributed by atoms with E-state index < -0.39 is 0 Å². The van der Waals surface area contributed by atoms with E-state index in [-0.39, 0.29) is 0 Å². The van der Waals surface area contributed by atoms with Crippen LogP contribution in [0.2, 0.25) is 0 Å². The van der Waals surface area contributed by atoms with Gasteiger partial charge < -0.3 is 18.3 Å². The lowest BCUT2D eigenvalue weighted by Gasteiger charge is -2.31. The molecule has 7 nitrogen and oxygen atoms in total. The van der Waals surface area contributed by atoms with E-state index in [9.17, 15) is 0 Å². The Morgan fingerprint density at radius 1 is 0.250 bits per heavy atom. The summed E-state index contributed by atoms with van der Waals surface area (Å²) in [6.45, 7) is 4.26. The van der Waals surface area contributed by atoms with Crippen molar-refractivity contribution in [2.45, 2.75) is 13.8 Å². The lowest BCUT2D eigenvalue weighted by Crippen LogP contribution is -2.17. The zero-order valence-corrected chi connectivity index (χ0v) is 46.1. The van der Waals surface area contributed by atoms with Crippen LogP contribution in [-0.4, -0.2) is 33.2 Å². The predicted octanol–water partition coefficient (Wildman–Crippen LogP) is 19.5. The number of nitrogens with zero attached hydrogens (tertiary/aromatic N) is 7. The quantitative estimate of drug-likeness (QED) is 0.152. The highest BCUT2D eigenvalue weighted by Gasteiger charge is 2.37. The normalized spacial score (nSPS) is 11.9. The molecular weight excluding hydrogens is 1020 g/mol. The Labute approximate surface area is 483 Å². The molecule has 0 fully saturated rings. The molecule has 11 aromatic carbocycles. The number of rotatable bonds is 8. The maximum Gasteiger partial charge on any atom is 0.160 e. The van der Waals surface area contributed by atoms with E-state index in [4.69, 9.17) is 15.0 Å². The third kappa shape index (κ3) is 7.02. The Bertz CT molecular complexity index is 5250. The summed E-state index contributed by atoms with van der Waals surface area (Å²) < 4.78 is 10.3. The highest BCUT2D eigenvalue weighted by Crippen LogP contribution is 2.55. The Hall–Kier alpha value is -11.2. The largest absolute Gasteiger partial charge is 0.306 e. The summed E-state index contributed by atoms with van der Waals surface area (Å²) >= 11 is 0. The number of benzene rings is 11. The molecule has 0 N–H and O–H groups in total. The van der Waals surface area contributed by atoms with Gasteiger partial charge in [0.1, 0.15) is 0 Å². The average molecular weight is 1070 g/mol. The summed E-state index contributed by atoms with van der Waals surface area (Å²) in [5.74, 6) is 0.619. The van der Waals surface area contributed by atoms with Crippen LogP contribution in [0.4, 0.5) is 0 Å². The average Bonchev–Trinajstić information content (AvgIpc) is 1.71. The number of hydrogen-bond donors (Lipinski definition) is 0. The second-order valence-electron chi connectivity index (χ2n) is 21.9. The summed E-state index contributed by atoms with van der Waals surface area (Å²) in [7, 11) is 0. The van der Waals surface area contributed by atoms with Gasteiger partial charge in [0.05, 0.1) is 78.3 Å². The number of aryl methyl sites for hydroxylation is 2. The van der Waals surface area contributed by atoms with Crippen molar-refractivity contribution in [1.82, 2.24) is 33.2 Å². The lowest BCUT2D eigenvalue weighted by molar-refractivity contribution is 1.02. The first-order valence-electron chi connectivity index (χ1n) is 28.7. The molecule has 0 atom stereocenters. The van der Waals surface area contributed by atoms with Gasteiger partial charge in [-0.1, -0.05) is 212 Å². The van der Waals surface area contributed by atoms with Crippen molar-refractivity contribution in [1.29, 1.82) is 0 Å². The van der Waals surface area contributed by atoms with Gasteiger partial charge in [0, 0.05) is 82.3 Å². The van der Waals surface area contributed by atoms with Crippen LogP contribution in [0.15, 0.2) is 273 Å². The third-order valence-electron chi connectivity index (χ3n) is 17.2. The monoisotopic (exact) mass is 1070 g/mol. The van der Waals surface area contributed by atoms with Crippen molar-refractivity contribution in [3.05, 3.63) is 284 Å². The van der Waals surface area contributed by atoms with Gasteiger partial charge in [-0.05, 0) is 74.5 Å². The van der Waals surface area contributed by atoms with Crippen molar-refractivity contribution >= 4 is 87.2 Å². The van der Waals surface area contributed by atoms with Gasteiger partial charge in [-0.25, -0.2) is 9.97 Å². The molecule has 0 saturated carbocycles. The predicted molar refractivity (Wildman–Crippen MR) is 348 cm³/mol. The number of para-hydroxylation sites is 8. The van der Waals surface area contributed by atoms with Crippen LogP contribution in [-0.2, 0) is 0 Å². The van der Waals surface area contributed by atoms with Gasteiger partial charge in [0.15, 0.2) is 5.82 Å². The van der Waals surface area contributed by atoms with Gasteiger partial charge >= 0.3 is 0 Å². The second-order valence-corrected chi connectivity index (χ2v) is 21.9. The highest BCUT2D eigenvalue weighted by molar-refractivity contribution is 6.18. The van der Waals surface area contributed by atoms with Crippen molar-refractivity contribution in [3.8, 4) is 67.8 Å². The molecule has 0 unspecified atom stereocenters. The summed E-state index contributed by atoms with van der Waals surface area (Å²) in [5, 5.41) is 9.20. The smallest absolute Gasteiger partial charge is 0.160 e. The zero-order chi connectivity index (χ0) is 55.6. The number of fused-ring (bicyclic) bond motifs is 12. The van der Waals surface area contributed by atoms with Crippen LogP contribution < -0.4 is 0 Å². The van der Waals surface area contributed by atoms with Crippen molar-refractivity contribution in [2.24, 2.45) is 0 Å². The van der Waals surface area contributed by atoms with E-state index >= 15 is 0 Å². The van der Waals surface area contributed by atoms with Crippen molar-refractivity contribution in [3.63, 3.8) is 0 Å². The fourth-order valence-electron chi connectivity index (χ4n) is 13.7. The van der Waals surface area contributed by atoms with E-state index in [1.807, 2.05) is 0 Å². The molecule has 0 aliphatic heterocycles. The molecule has 17 aromatic rings. The van der Waals surface area contributed by atoms with Crippen LogP contribution in [0.5, 0.6) is 0 Å². The van der Waals surface area contributed by atoms with E-state index in [0.29, 0.717) is 5.82 Å². The minimum absolute atomic E-state index is 0.619. The van der Waals surface area contributed by atoms with Crippen LogP contribution >= 0.6 is 0 Å². The standard InChI is InChI=1S/C77H51N7/c1-48-45-46-52(49(2)78-48)71-72(62-47-61(50-25-5-3-6-26-50)79-77(80-62)51-27-7-4-8-28-51)74(82-65-39-19-11-31-55(65)56-32-12-20-40-66(56)82)76(84-69-43-23-15-35-59(69)60-36-16-24-44-70(60)84)75(83-67-41-21-13-33-57(67)58-34-14-22-42-68(58)83)73(71)81-63-37-17-9-29-53(63)54-30-10-18-38-64(54)81/h3-47H,1-2H3. The molecule has 0 radical (unpaired) electrons. The van der Waals surface area contributed by atoms with Crippen LogP contribution in [0, 0.1) is 13.8 Å². The Balaban J connectivity index is 1.27. The van der Waals surface area contributed by atoms with Gasteiger partial charge in [0.25, 0.3) is 0 Å². The SMILES string of the molecule is Cc1ccc(-c2c(-c3cc(-c4ccccc4)nc(-c4ccccc4)n3)c(-n3c4ccccc4c4ccccc43)c(-n3c4ccccc4c4ccccc43)c(-n3c4ccccc4c4ccccc43)c2-n2c3ccccc3c3ccccc32)c(C)n1. The molecular formula is C77H51N7. The molecule has 0 bridgehead atoms. The Morgan fingerprint density at radius 2 is 0.548 bits per heavy atom. The maximum atomic E-state index is 5.98. The number of hydrogen-bond acceptors (Lipinski definition) is 3. The van der Waals surface area contributed by atoms with E-state index in [1.165, 1.54) is 0 Å². The summed E-state index contributed by atoms with van der Waals surface area (Å²) in [4.78, 5) is 16.9. The third-order valence-corrected chi connectivity index (χ3v) is 17.2. The second kappa shape index (κ2) is 18.7. The molecule has 394 valence electrons. The van der Waals surface area contributed by atoms with Crippen molar-refractivity contribution < 1.29 is 0 Å². The van der Waals surface area contributed by atoms with Crippen LogP contribution in [0.1, 0.15) is 11.4 Å². The first-order chi connectivity index (χ1) is 41.6. The molecule has 6 heterocycles. The molecule has 0 aliphatic rings. The summed E-state index contributed by atoms with van der Waals surface area (Å²) in [5.41, 5.74) is 20.6. The molecule has 0 amide bonds. The van der Waals surface area contributed by atoms with Crippen LogP contribution in [0.25, 0.3) is 155 Å². The molecule has 17 rings (SSSR count).